The summed E-state index contributed by atoms with van der Waals surface area (Å²) in [5.74, 6) is -1.79. The third kappa shape index (κ3) is 3.06. The lowest BCUT2D eigenvalue weighted by molar-refractivity contribution is -0.155. The number of carboxylic acids is 1. The van der Waals surface area contributed by atoms with Gasteiger partial charge in [-0.3, -0.25) is 4.79 Å². The summed E-state index contributed by atoms with van der Waals surface area (Å²) in [6.07, 6.45) is 0. The summed E-state index contributed by atoms with van der Waals surface area (Å²) in [5.41, 5.74) is -1.53. The average Bonchev–Trinajstić information content (AvgIpc) is 2.27. The predicted octanol–water partition coefficient (Wildman–Crippen LogP) is 0.252. The summed E-state index contributed by atoms with van der Waals surface area (Å²) in [4.78, 5) is 22.1. The third-order valence-electron chi connectivity index (χ3n) is 2.09. The maximum absolute atomic E-state index is 11.5. The van der Waals surface area contributed by atoms with Gasteiger partial charge < -0.3 is 15.5 Å². The van der Waals surface area contributed by atoms with Crippen molar-refractivity contribution in [3.8, 4) is 0 Å². The van der Waals surface area contributed by atoms with Crippen LogP contribution in [0, 0.1) is 0 Å². The molecule has 1 amide bonds. The molecule has 0 aromatic heterocycles. The summed E-state index contributed by atoms with van der Waals surface area (Å²) in [6, 6.07) is 8.37. The monoisotopic (exact) mass is 223 g/mol. The van der Waals surface area contributed by atoms with Crippen LogP contribution in [0.15, 0.2) is 30.3 Å². The minimum absolute atomic E-state index is 0.337. The molecular weight excluding hydrogens is 210 g/mol. The average molecular weight is 223 g/mol. The Balaban J connectivity index is 2.58. The molecule has 1 rings (SSSR count). The number of carbonyl (C=O) groups is 2. The summed E-state index contributed by atoms with van der Waals surface area (Å²) < 4.78 is 0. The second-order valence-corrected chi connectivity index (χ2v) is 3.63. The zero-order valence-electron chi connectivity index (χ0n) is 8.80. The standard InChI is InChI=1S/C11H13NO4/c1-11(16,10(14)15)7-12-9(13)8-5-3-2-4-6-8/h2-6,16H,7H2,1H3,(H,12,13)(H,14,15). The van der Waals surface area contributed by atoms with Crippen molar-refractivity contribution in [3.63, 3.8) is 0 Å². The Morgan fingerprint density at radius 1 is 1.31 bits per heavy atom. The maximum Gasteiger partial charge on any atom is 0.337 e. The second kappa shape index (κ2) is 4.76. The number of aliphatic hydroxyl groups is 1. The smallest absolute Gasteiger partial charge is 0.337 e. The lowest BCUT2D eigenvalue weighted by Gasteiger charge is -2.18. The number of amides is 1. The van der Waals surface area contributed by atoms with E-state index in [-0.39, 0.29) is 6.54 Å². The molecular formula is C11H13NO4. The van der Waals surface area contributed by atoms with Gasteiger partial charge >= 0.3 is 5.97 Å². The van der Waals surface area contributed by atoms with E-state index in [2.05, 4.69) is 5.32 Å². The molecule has 0 heterocycles. The molecule has 0 aliphatic rings. The van der Waals surface area contributed by atoms with Crippen LogP contribution in [0.5, 0.6) is 0 Å². The van der Waals surface area contributed by atoms with E-state index in [0.29, 0.717) is 5.56 Å². The molecule has 1 aromatic carbocycles. The fourth-order valence-electron chi connectivity index (χ4n) is 1.02. The summed E-state index contributed by atoms with van der Waals surface area (Å²) in [5, 5.41) is 20.3. The highest BCUT2D eigenvalue weighted by molar-refractivity contribution is 5.94. The van der Waals surface area contributed by atoms with E-state index in [0.717, 1.165) is 6.92 Å². The van der Waals surface area contributed by atoms with Crippen LogP contribution in [0.4, 0.5) is 0 Å². The topological polar surface area (TPSA) is 86.6 Å². The van der Waals surface area contributed by atoms with Crippen LogP contribution < -0.4 is 5.32 Å². The van der Waals surface area contributed by atoms with Gasteiger partial charge in [0.15, 0.2) is 5.60 Å². The molecule has 1 aromatic rings. The summed E-state index contributed by atoms with van der Waals surface area (Å²) in [6.45, 7) is 0.788. The first kappa shape index (κ1) is 12.2. The van der Waals surface area contributed by atoms with Gasteiger partial charge in [0.25, 0.3) is 5.91 Å². The van der Waals surface area contributed by atoms with Gasteiger partial charge in [0.1, 0.15) is 0 Å². The molecule has 0 saturated carbocycles. The second-order valence-electron chi connectivity index (χ2n) is 3.63. The highest BCUT2D eigenvalue weighted by Crippen LogP contribution is 2.03. The first-order valence-corrected chi connectivity index (χ1v) is 4.72. The number of aliphatic carboxylic acids is 1. The number of carbonyl (C=O) groups excluding carboxylic acids is 1. The van der Waals surface area contributed by atoms with Crippen molar-refractivity contribution in [3.05, 3.63) is 35.9 Å². The van der Waals surface area contributed by atoms with Crippen LogP contribution in [0.3, 0.4) is 0 Å². The van der Waals surface area contributed by atoms with Crippen LogP contribution >= 0.6 is 0 Å². The van der Waals surface area contributed by atoms with Crippen molar-refractivity contribution < 1.29 is 19.8 Å². The Labute approximate surface area is 92.7 Å². The van der Waals surface area contributed by atoms with E-state index >= 15 is 0 Å². The number of hydrogen-bond donors (Lipinski definition) is 3. The van der Waals surface area contributed by atoms with Crippen molar-refractivity contribution in [2.75, 3.05) is 6.54 Å². The van der Waals surface area contributed by atoms with Crippen molar-refractivity contribution in [2.45, 2.75) is 12.5 Å². The largest absolute Gasteiger partial charge is 0.479 e. The van der Waals surface area contributed by atoms with Gasteiger partial charge in [-0.2, -0.15) is 0 Å². The van der Waals surface area contributed by atoms with Crippen LogP contribution in [0.2, 0.25) is 0 Å². The minimum atomic E-state index is -1.95. The van der Waals surface area contributed by atoms with Gasteiger partial charge in [0, 0.05) is 5.56 Å². The summed E-state index contributed by atoms with van der Waals surface area (Å²) in [7, 11) is 0. The lowest BCUT2D eigenvalue weighted by Crippen LogP contribution is -2.46. The fraction of sp³-hybridized carbons (Fsp3) is 0.273. The summed E-state index contributed by atoms with van der Waals surface area (Å²) >= 11 is 0. The van der Waals surface area contributed by atoms with Crippen LogP contribution in [-0.2, 0) is 4.79 Å². The molecule has 0 bridgehead atoms. The van der Waals surface area contributed by atoms with E-state index in [4.69, 9.17) is 5.11 Å². The van der Waals surface area contributed by atoms with Gasteiger partial charge in [-0.1, -0.05) is 18.2 Å². The van der Waals surface area contributed by atoms with Gasteiger partial charge in [-0.25, -0.2) is 4.79 Å². The molecule has 5 nitrogen and oxygen atoms in total. The van der Waals surface area contributed by atoms with Crippen molar-refractivity contribution >= 4 is 11.9 Å². The zero-order valence-corrected chi connectivity index (χ0v) is 8.80. The Morgan fingerprint density at radius 2 is 1.88 bits per heavy atom. The maximum atomic E-state index is 11.5. The zero-order chi connectivity index (χ0) is 12.2. The Morgan fingerprint density at radius 3 is 2.38 bits per heavy atom. The van der Waals surface area contributed by atoms with E-state index in [1.807, 2.05) is 0 Å². The highest BCUT2D eigenvalue weighted by atomic mass is 16.4. The van der Waals surface area contributed by atoms with E-state index in [1.165, 1.54) is 0 Å². The third-order valence-corrected chi connectivity index (χ3v) is 2.09. The highest BCUT2D eigenvalue weighted by Gasteiger charge is 2.30. The Bertz CT molecular complexity index is 386. The quantitative estimate of drug-likeness (QED) is 0.683. The first-order chi connectivity index (χ1) is 7.43. The minimum Gasteiger partial charge on any atom is -0.479 e. The van der Waals surface area contributed by atoms with E-state index in [1.54, 1.807) is 30.3 Å². The van der Waals surface area contributed by atoms with Gasteiger partial charge in [-0.05, 0) is 19.1 Å². The molecule has 0 saturated heterocycles. The van der Waals surface area contributed by atoms with Crippen LogP contribution in [0.25, 0.3) is 0 Å². The lowest BCUT2D eigenvalue weighted by atomic mass is 10.1. The van der Waals surface area contributed by atoms with Gasteiger partial charge in [0.2, 0.25) is 0 Å². The Kier molecular flexibility index (Phi) is 3.63. The molecule has 3 N–H and O–H groups in total. The van der Waals surface area contributed by atoms with Gasteiger partial charge in [0.05, 0.1) is 6.54 Å². The number of nitrogens with one attached hydrogen (secondary N) is 1. The van der Waals surface area contributed by atoms with Gasteiger partial charge in [-0.15, -0.1) is 0 Å². The molecule has 86 valence electrons. The normalized spacial score (nSPS) is 13.9. The van der Waals surface area contributed by atoms with Crippen molar-refractivity contribution in [2.24, 2.45) is 0 Å². The van der Waals surface area contributed by atoms with E-state index in [9.17, 15) is 14.7 Å². The molecule has 5 heteroatoms. The molecule has 0 aliphatic heterocycles. The predicted molar refractivity (Wildman–Crippen MR) is 57.0 cm³/mol. The molecule has 16 heavy (non-hydrogen) atoms. The van der Waals surface area contributed by atoms with Crippen LogP contribution in [0.1, 0.15) is 17.3 Å². The SMILES string of the molecule is CC(O)(CNC(=O)c1ccccc1)C(=O)O. The van der Waals surface area contributed by atoms with E-state index < -0.39 is 17.5 Å². The molecule has 1 unspecified atom stereocenters. The Hall–Kier alpha value is -1.88. The van der Waals surface area contributed by atoms with Crippen molar-refractivity contribution in [1.29, 1.82) is 0 Å². The fourth-order valence-corrected chi connectivity index (χ4v) is 1.02. The number of hydrogen-bond acceptors (Lipinski definition) is 3. The van der Waals surface area contributed by atoms with Crippen LogP contribution in [-0.4, -0.2) is 34.2 Å². The number of rotatable bonds is 4. The molecule has 0 radical (unpaired) electrons. The first-order valence-electron chi connectivity index (χ1n) is 4.72. The molecule has 0 spiro atoms. The number of benzene rings is 1. The molecule has 0 aliphatic carbocycles. The number of carboxylic acid groups (broad SMARTS) is 1. The molecule has 0 fully saturated rings. The molecule has 1 atom stereocenters. The van der Waals surface area contributed by atoms with Crippen molar-refractivity contribution in [1.82, 2.24) is 5.32 Å².